The predicted molar refractivity (Wildman–Crippen MR) is 92.3 cm³/mol. The minimum atomic E-state index is -3.47. The van der Waals surface area contributed by atoms with Gasteiger partial charge in [0.2, 0.25) is 15.9 Å². The topological polar surface area (TPSA) is 89.2 Å². The number of pyridine rings is 1. The van der Waals surface area contributed by atoms with Gasteiger partial charge in [-0.05, 0) is 12.1 Å². The van der Waals surface area contributed by atoms with Gasteiger partial charge in [0.05, 0.1) is 10.8 Å². The number of nitrogens with zero attached hydrogens (tertiary/aromatic N) is 4. The standard InChI is InChI=1S/C15H22N4O3S2/c1-5-19(6-2)24(20,21)12-7-8-14(16-9-12)23-10-13-17-15(11(3)4)18-22-13/h7-9,11H,5-6,10H2,1-4H3. The van der Waals surface area contributed by atoms with Gasteiger partial charge in [-0.1, -0.05) is 44.6 Å². The number of thioether (sulfide) groups is 1. The third-order valence-electron chi connectivity index (χ3n) is 3.40. The van der Waals surface area contributed by atoms with Crippen LogP contribution in [0.1, 0.15) is 45.3 Å². The van der Waals surface area contributed by atoms with Crippen LogP contribution in [0.3, 0.4) is 0 Å². The largest absolute Gasteiger partial charge is 0.338 e. The van der Waals surface area contributed by atoms with Crippen molar-refractivity contribution in [2.45, 2.75) is 49.3 Å². The van der Waals surface area contributed by atoms with Gasteiger partial charge >= 0.3 is 0 Å². The molecule has 2 aromatic heterocycles. The molecule has 0 aliphatic heterocycles. The molecule has 0 aromatic carbocycles. The van der Waals surface area contributed by atoms with Crippen molar-refractivity contribution >= 4 is 21.8 Å². The third-order valence-corrected chi connectivity index (χ3v) is 6.36. The second-order valence-electron chi connectivity index (χ2n) is 5.41. The molecule has 2 heterocycles. The molecule has 0 fully saturated rings. The van der Waals surface area contributed by atoms with Gasteiger partial charge in [-0.3, -0.25) is 0 Å². The first-order valence-corrected chi connectivity index (χ1v) is 10.2. The van der Waals surface area contributed by atoms with Crippen LogP contribution in [0.15, 0.2) is 32.8 Å². The van der Waals surface area contributed by atoms with Crippen LogP contribution in [-0.2, 0) is 15.8 Å². The molecular weight excluding hydrogens is 348 g/mol. The van der Waals surface area contributed by atoms with Crippen LogP contribution in [0, 0.1) is 0 Å². The van der Waals surface area contributed by atoms with E-state index < -0.39 is 10.0 Å². The van der Waals surface area contributed by atoms with Crippen LogP contribution in [0.25, 0.3) is 0 Å². The Balaban J connectivity index is 2.04. The number of hydrogen-bond acceptors (Lipinski definition) is 7. The van der Waals surface area contributed by atoms with E-state index in [0.717, 1.165) is 0 Å². The molecular formula is C15H22N4O3S2. The summed E-state index contributed by atoms with van der Waals surface area (Å²) >= 11 is 1.42. The van der Waals surface area contributed by atoms with Gasteiger partial charge in [0.25, 0.3) is 0 Å². The minimum Gasteiger partial charge on any atom is -0.338 e. The van der Waals surface area contributed by atoms with Crippen molar-refractivity contribution in [2.75, 3.05) is 13.1 Å². The maximum Gasteiger partial charge on any atom is 0.244 e. The van der Waals surface area contributed by atoms with Crippen molar-refractivity contribution in [1.82, 2.24) is 19.4 Å². The van der Waals surface area contributed by atoms with Crippen LogP contribution in [-0.4, -0.2) is 40.9 Å². The van der Waals surface area contributed by atoms with E-state index in [1.807, 2.05) is 27.7 Å². The first kappa shape index (κ1) is 18.9. The van der Waals surface area contributed by atoms with E-state index >= 15 is 0 Å². The van der Waals surface area contributed by atoms with Crippen LogP contribution >= 0.6 is 11.8 Å². The lowest BCUT2D eigenvalue weighted by Crippen LogP contribution is -2.30. The summed E-state index contributed by atoms with van der Waals surface area (Å²) in [5.74, 6) is 1.93. The van der Waals surface area contributed by atoms with Crippen LogP contribution in [0.5, 0.6) is 0 Å². The summed E-state index contributed by atoms with van der Waals surface area (Å²) < 4.78 is 31.4. The molecule has 0 saturated heterocycles. The average Bonchev–Trinajstić information content (AvgIpc) is 3.03. The van der Waals surface area contributed by atoms with E-state index in [0.29, 0.717) is 35.6 Å². The van der Waals surface area contributed by atoms with Crippen molar-refractivity contribution in [3.63, 3.8) is 0 Å². The molecule has 0 aliphatic carbocycles. The fourth-order valence-corrected chi connectivity index (χ4v) is 4.10. The maximum atomic E-state index is 12.4. The molecule has 0 spiro atoms. The molecule has 0 bridgehead atoms. The molecule has 9 heteroatoms. The van der Waals surface area contributed by atoms with E-state index in [9.17, 15) is 8.42 Å². The zero-order valence-electron chi connectivity index (χ0n) is 14.3. The highest BCUT2D eigenvalue weighted by Gasteiger charge is 2.21. The second kappa shape index (κ2) is 8.09. The van der Waals surface area contributed by atoms with Gasteiger partial charge in [0.15, 0.2) is 5.82 Å². The Morgan fingerprint density at radius 2 is 1.96 bits per heavy atom. The molecule has 0 aliphatic rings. The Bertz CT molecular complexity index is 753. The molecule has 0 saturated carbocycles. The predicted octanol–water partition coefficient (Wildman–Crippen LogP) is 2.91. The number of hydrogen-bond donors (Lipinski definition) is 0. The Labute approximate surface area is 146 Å². The monoisotopic (exact) mass is 370 g/mol. The first-order valence-electron chi connectivity index (χ1n) is 7.80. The van der Waals surface area contributed by atoms with Gasteiger partial charge in [0.1, 0.15) is 4.90 Å². The van der Waals surface area contributed by atoms with Gasteiger partial charge in [-0.2, -0.15) is 9.29 Å². The minimum absolute atomic E-state index is 0.204. The molecule has 0 atom stereocenters. The number of sulfonamides is 1. The summed E-state index contributed by atoms with van der Waals surface area (Å²) in [6, 6.07) is 3.27. The normalized spacial score (nSPS) is 12.2. The molecule has 24 heavy (non-hydrogen) atoms. The van der Waals surface area contributed by atoms with Gasteiger partial charge in [0, 0.05) is 25.2 Å². The van der Waals surface area contributed by atoms with Crippen molar-refractivity contribution in [3.8, 4) is 0 Å². The fourth-order valence-electron chi connectivity index (χ4n) is 2.01. The van der Waals surface area contributed by atoms with Gasteiger partial charge in [-0.25, -0.2) is 13.4 Å². The highest BCUT2D eigenvalue weighted by molar-refractivity contribution is 7.98. The summed E-state index contributed by atoms with van der Waals surface area (Å²) in [7, 11) is -3.47. The third kappa shape index (κ3) is 4.34. The summed E-state index contributed by atoms with van der Waals surface area (Å²) in [5, 5.41) is 4.61. The molecule has 0 N–H and O–H groups in total. The zero-order valence-corrected chi connectivity index (χ0v) is 15.9. The lowest BCUT2D eigenvalue weighted by atomic mass is 10.2. The van der Waals surface area contributed by atoms with Gasteiger partial charge < -0.3 is 4.52 Å². The van der Waals surface area contributed by atoms with E-state index in [-0.39, 0.29) is 10.8 Å². The SMILES string of the molecule is CCN(CC)S(=O)(=O)c1ccc(SCc2nc(C(C)C)no2)nc1. The van der Waals surface area contributed by atoms with E-state index in [2.05, 4.69) is 15.1 Å². The van der Waals surface area contributed by atoms with E-state index in [1.54, 1.807) is 12.1 Å². The highest BCUT2D eigenvalue weighted by atomic mass is 32.2. The molecule has 0 radical (unpaired) electrons. The molecule has 2 rings (SSSR count). The van der Waals surface area contributed by atoms with Crippen molar-refractivity contribution < 1.29 is 12.9 Å². The number of rotatable bonds is 8. The van der Waals surface area contributed by atoms with Crippen LogP contribution in [0.4, 0.5) is 0 Å². The van der Waals surface area contributed by atoms with Crippen LogP contribution in [0.2, 0.25) is 0 Å². The Morgan fingerprint density at radius 1 is 1.25 bits per heavy atom. The lowest BCUT2D eigenvalue weighted by Gasteiger charge is -2.18. The molecule has 132 valence electrons. The molecule has 7 nitrogen and oxygen atoms in total. The van der Waals surface area contributed by atoms with Crippen molar-refractivity contribution in [3.05, 3.63) is 30.0 Å². The summed E-state index contributed by atoms with van der Waals surface area (Å²) in [6.07, 6.45) is 1.39. The van der Waals surface area contributed by atoms with Gasteiger partial charge in [-0.15, -0.1) is 0 Å². The highest BCUT2D eigenvalue weighted by Crippen LogP contribution is 2.23. The van der Waals surface area contributed by atoms with Crippen LogP contribution < -0.4 is 0 Å². The molecule has 2 aromatic rings. The second-order valence-corrected chi connectivity index (χ2v) is 8.34. The lowest BCUT2D eigenvalue weighted by molar-refractivity contribution is 0.383. The molecule has 0 amide bonds. The van der Waals surface area contributed by atoms with Crippen molar-refractivity contribution in [2.24, 2.45) is 0 Å². The quantitative estimate of drug-likeness (QED) is 0.660. The van der Waals surface area contributed by atoms with E-state index in [1.165, 1.54) is 22.3 Å². The fraction of sp³-hybridized carbons (Fsp3) is 0.533. The Morgan fingerprint density at radius 3 is 2.46 bits per heavy atom. The Kier molecular flexibility index (Phi) is 6.36. The van der Waals surface area contributed by atoms with Crippen molar-refractivity contribution in [1.29, 1.82) is 0 Å². The molecule has 0 unspecified atom stereocenters. The van der Waals surface area contributed by atoms with E-state index in [4.69, 9.17) is 4.52 Å². The average molecular weight is 371 g/mol. The number of aromatic nitrogens is 3. The zero-order chi connectivity index (χ0) is 17.7. The Hall–Kier alpha value is -1.45. The maximum absolute atomic E-state index is 12.4. The summed E-state index contributed by atoms with van der Waals surface area (Å²) in [4.78, 5) is 8.72. The summed E-state index contributed by atoms with van der Waals surface area (Å²) in [6.45, 7) is 8.50. The first-order chi connectivity index (χ1) is 11.4. The summed E-state index contributed by atoms with van der Waals surface area (Å²) in [5.41, 5.74) is 0. The smallest absolute Gasteiger partial charge is 0.244 e.